The van der Waals surface area contributed by atoms with Gasteiger partial charge in [-0.1, -0.05) is 18.2 Å². The highest BCUT2D eigenvalue weighted by Crippen LogP contribution is 2.25. The molecule has 90 valence electrons. The molecule has 0 unspecified atom stereocenters. The molecular formula is C13H16N2O2. The number of carbonyl (C=O) groups is 2. The molecule has 1 aromatic carbocycles. The maximum atomic E-state index is 12.0. The van der Waals surface area contributed by atoms with Gasteiger partial charge in [0.15, 0.2) is 0 Å². The summed E-state index contributed by atoms with van der Waals surface area (Å²) in [4.78, 5) is 22.7. The normalized spacial score (nSPS) is 17.2. The van der Waals surface area contributed by atoms with Gasteiger partial charge < -0.3 is 4.79 Å². The number of aryl methyl sites for hydroxylation is 1. The molecule has 1 aromatic rings. The Morgan fingerprint density at radius 3 is 2.82 bits per heavy atom. The number of hydrazine groups is 1. The number of nitrogens with zero attached hydrogens (tertiary/aromatic N) is 2. The summed E-state index contributed by atoms with van der Waals surface area (Å²) in [6, 6.07) is 7.73. The summed E-state index contributed by atoms with van der Waals surface area (Å²) in [6.07, 6.45) is 2.20. The number of hydrogen-bond acceptors (Lipinski definition) is 3. The average Bonchev–Trinajstić information content (AvgIpc) is 2.31. The number of aldehydes is 1. The molecule has 1 amide bonds. The van der Waals surface area contributed by atoms with Crippen molar-refractivity contribution in [3.63, 3.8) is 0 Å². The highest BCUT2D eigenvalue weighted by Gasteiger charge is 2.27. The third kappa shape index (κ3) is 2.36. The van der Waals surface area contributed by atoms with E-state index in [4.69, 9.17) is 0 Å². The van der Waals surface area contributed by atoms with Crippen LogP contribution in [0.15, 0.2) is 24.3 Å². The van der Waals surface area contributed by atoms with Crippen LogP contribution in [0.5, 0.6) is 0 Å². The first-order valence-electron chi connectivity index (χ1n) is 5.81. The molecule has 17 heavy (non-hydrogen) atoms. The van der Waals surface area contributed by atoms with Crippen LogP contribution in [-0.4, -0.2) is 30.3 Å². The molecule has 0 radical (unpaired) electrons. The second kappa shape index (κ2) is 5.10. The van der Waals surface area contributed by atoms with Crippen LogP contribution in [0.3, 0.4) is 0 Å². The summed E-state index contributed by atoms with van der Waals surface area (Å²) >= 11 is 0. The predicted molar refractivity (Wildman–Crippen MR) is 65.5 cm³/mol. The maximum absolute atomic E-state index is 12.0. The van der Waals surface area contributed by atoms with Crippen molar-refractivity contribution in [3.8, 4) is 0 Å². The molecule has 1 fully saturated rings. The summed E-state index contributed by atoms with van der Waals surface area (Å²) in [5.74, 6) is 0.0624. The van der Waals surface area contributed by atoms with E-state index in [1.54, 1.807) is 10.0 Å². The van der Waals surface area contributed by atoms with Gasteiger partial charge in [0, 0.05) is 13.0 Å². The summed E-state index contributed by atoms with van der Waals surface area (Å²) in [7, 11) is 0. The largest absolute Gasteiger partial charge is 0.302 e. The Kier molecular flexibility index (Phi) is 3.54. The van der Waals surface area contributed by atoms with Crippen LogP contribution in [0.25, 0.3) is 0 Å². The molecule has 1 heterocycles. The van der Waals surface area contributed by atoms with Gasteiger partial charge in [-0.3, -0.25) is 4.79 Å². The van der Waals surface area contributed by atoms with E-state index < -0.39 is 0 Å². The number of benzene rings is 1. The second-order valence-corrected chi connectivity index (χ2v) is 4.17. The molecule has 0 atom stereocenters. The van der Waals surface area contributed by atoms with Crippen LogP contribution in [0.4, 0.5) is 5.69 Å². The lowest BCUT2D eigenvalue weighted by Gasteiger charge is -2.38. The van der Waals surface area contributed by atoms with Gasteiger partial charge in [-0.15, -0.1) is 0 Å². The fraction of sp³-hybridized carbons (Fsp3) is 0.385. The van der Waals surface area contributed by atoms with Gasteiger partial charge in [-0.25, -0.2) is 10.0 Å². The molecular weight excluding hydrogens is 216 g/mol. The highest BCUT2D eigenvalue weighted by atomic mass is 16.2. The minimum Gasteiger partial charge on any atom is -0.302 e. The van der Waals surface area contributed by atoms with E-state index in [0.717, 1.165) is 30.5 Å². The molecule has 0 aromatic heterocycles. The molecule has 1 saturated heterocycles. The van der Waals surface area contributed by atoms with Crippen molar-refractivity contribution in [1.82, 2.24) is 5.01 Å². The molecule has 0 bridgehead atoms. The summed E-state index contributed by atoms with van der Waals surface area (Å²) in [6.45, 7) is 2.98. The van der Waals surface area contributed by atoms with Crippen LogP contribution < -0.4 is 5.01 Å². The fourth-order valence-corrected chi connectivity index (χ4v) is 2.12. The average molecular weight is 232 g/mol. The Morgan fingerprint density at radius 2 is 2.12 bits per heavy atom. The Morgan fingerprint density at radius 1 is 1.35 bits per heavy atom. The van der Waals surface area contributed by atoms with Crippen molar-refractivity contribution in [2.24, 2.45) is 0 Å². The zero-order valence-electron chi connectivity index (χ0n) is 9.93. The predicted octanol–water partition coefficient (Wildman–Crippen LogP) is 1.54. The maximum Gasteiger partial charge on any atom is 0.241 e. The molecule has 0 saturated carbocycles. The third-order valence-electron chi connectivity index (χ3n) is 2.95. The van der Waals surface area contributed by atoms with Crippen LogP contribution in [0.2, 0.25) is 0 Å². The topological polar surface area (TPSA) is 40.6 Å². The molecule has 4 nitrogen and oxygen atoms in total. The van der Waals surface area contributed by atoms with Gasteiger partial charge in [0.2, 0.25) is 5.91 Å². The van der Waals surface area contributed by atoms with E-state index in [1.807, 2.05) is 31.2 Å². The van der Waals surface area contributed by atoms with Gasteiger partial charge in [-0.2, -0.15) is 0 Å². The molecule has 4 heteroatoms. The van der Waals surface area contributed by atoms with E-state index in [1.165, 1.54) is 0 Å². The van der Waals surface area contributed by atoms with E-state index >= 15 is 0 Å². The van der Waals surface area contributed by atoms with Crippen molar-refractivity contribution in [1.29, 1.82) is 0 Å². The minimum absolute atomic E-state index is 0.0624. The molecule has 1 aliphatic heterocycles. The van der Waals surface area contributed by atoms with Crippen molar-refractivity contribution in [2.45, 2.75) is 19.8 Å². The number of hydrogen-bond donors (Lipinski definition) is 0. The minimum atomic E-state index is 0.0624. The summed E-state index contributed by atoms with van der Waals surface area (Å²) < 4.78 is 0. The lowest BCUT2D eigenvalue weighted by molar-refractivity contribution is -0.124. The Balaban J connectivity index is 2.34. The Hall–Kier alpha value is -1.68. The quantitative estimate of drug-likeness (QED) is 0.742. The number of rotatable bonds is 3. The van der Waals surface area contributed by atoms with Gasteiger partial charge >= 0.3 is 0 Å². The van der Waals surface area contributed by atoms with E-state index in [2.05, 4.69) is 0 Å². The first-order chi connectivity index (χ1) is 8.24. The van der Waals surface area contributed by atoms with Gasteiger partial charge in [0.25, 0.3) is 0 Å². The number of para-hydroxylation sites is 1. The molecule has 1 aliphatic rings. The summed E-state index contributed by atoms with van der Waals surface area (Å²) in [5.41, 5.74) is 1.91. The standard InChI is InChI=1S/C13H16N2O2/c1-11-5-2-3-6-12(11)15-13(17)7-4-8-14(15)9-10-16/h2-3,5-6,10H,4,7-9H2,1H3. The first-order valence-corrected chi connectivity index (χ1v) is 5.81. The first kappa shape index (κ1) is 11.8. The van der Waals surface area contributed by atoms with Crippen molar-refractivity contribution >= 4 is 17.9 Å². The number of anilines is 1. The number of amides is 1. The lowest BCUT2D eigenvalue weighted by Crippen LogP contribution is -2.51. The zero-order chi connectivity index (χ0) is 12.3. The second-order valence-electron chi connectivity index (χ2n) is 4.17. The SMILES string of the molecule is Cc1ccccc1N1C(=O)CCCN1CC=O. The summed E-state index contributed by atoms with van der Waals surface area (Å²) in [5, 5.41) is 3.45. The smallest absolute Gasteiger partial charge is 0.241 e. The molecule has 0 N–H and O–H groups in total. The van der Waals surface area contributed by atoms with Crippen molar-refractivity contribution in [3.05, 3.63) is 29.8 Å². The van der Waals surface area contributed by atoms with Gasteiger partial charge in [0.05, 0.1) is 12.2 Å². The van der Waals surface area contributed by atoms with E-state index in [0.29, 0.717) is 6.42 Å². The Labute approximate surface area is 101 Å². The van der Waals surface area contributed by atoms with Crippen LogP contribution >= 0.6 is 0 Å². The highest BCUT2D eigenvalue weighted by molar-refractivity contribution is 5.94. The van der Waals surface area contributed by atoms with Gasteiger partial charge in [0.1, 0.15) is 6.29 Å². The molecule has 2 rings (SSSR count). The zero-order valence-corrected chi connectivity index (χ0v) is 9.93. The number of carbonyl (C=O) groups excluding carboxylic acids is 2. The van der Waals surface area contributed by atoms with Crippen molar-refractivity contribution < 1.29 is 9.59 Å². The lowest BCUT2D eigenvalue weighted by atomic mass is 10.1. The monoisotopic (exact) mass is 232 g/mol. The van der Waals surface area contributed by atoms with Crippen LogP contribution in [0, 0.1) is 6.92 Å². The molecule has 0 aliphatic carbocycles. The van der Waals surface area contributed by atoms with Crippen LogP contribution in [-0.2, 0) is 9.59 Å². The molecule has 0 spiro atoms. The van der Waals surface area contributed by atoms with Gasteiger partial charge in [-0.05, 0) is 25.0 Å². The van der Waals surface area contributed by atoms with Crippen molar-refractivity contribution in [2.75, 3.05) is 18.1 Å². The van der Waals surface area contributed by atoms with E-state index in [9.17, 15) is 9.59 Å². The van der Waals surface area contributed by atoms with Crippen LogP contribution in [0.1, 0.15) is 18.4 Å². The third-order valence-corrected chi connectivity index (χ3v) is 2.95. The Bertz CT molecular complexity index is 431. The van der Waals surface area contributed by atoms with E-state index in [-0.39, 0.29) is 12.5 Å². The fourth-order valence-electron chi connectivity index (χ4n) is 2.12.